The Morgan fingerprint density at radius 1 is 1.36 bits per heavy atom. The highest BCUT2D eigenvalue weighted by atomic mass is 32.2. The first-order chi connectivity index (χ1) is 12.2. The predicted molar refractivity (Wildman–Crippen MR) is 96.8 cm³/mol. The third kappa shape index (κ3) is 5.04. The van der Waals surface area contributed by atoms with Crippen LogP contribution >= 0.6 is 23.1 Å². The topological polar surface area (TPSA) is 81.9 Å². The third-order valence-corrected chi connectivity index (χ3v) is 5.16. The molecule has 2 aromatic heterocycles. The number of methoxy groups -OCH3 is 1. The number of nitrogens with one attached hydrogen (secondary N) is 1. The van der Waals surface area contributed by atoms with Crippen LogP contribution < -0.4 is 10.1 Å². The van der Waals surface area contributed by atoms with E-state index < -0.39 is 0 Å². The second kappa shape index (κ2) is 8.63. The maximum Gasteiger partial charge on any atom is 0.230 e. The average molecular weight is 375 g/mol. The zero-order chi connectivity index (χ0) is 17.5. The van der Waals surface area contributed by atoms with Crippen molar-refractivity contribution in [2.45, 2.75) is 18.2 Å². The van der Waals surface area contributed by atoms with Crippen molar-refractivity contribution >= 4 is 29.0 Å². The van der Waals surface area contributed by atoms with Gasteiger partial charge in [-0.05, 0) is 39.6 Å². The minimum Gasteiger partial charge on any atom is -0.497 e. The molecule has 0 aliphatic carbocycles. The normalized spacial score (nSPS) is 10.6. The van der Waals surface area contributed by atoms with Crippen LogP contribution in [0.1, 0.15) is 10.4 Å². The lowest BCUT2D eigenvalue weighted by Crippen LogP contribution is -2.24. The van der Waals surface area contributed by atoms with Gasteiger partial charge in [0.05, 0.1) is 19.4 Å². The number of carbonyl (C=O) groups is 1. The Bertz CT molecular complexity index is 820. The minimum atomic E-state index is -0.0708. The van der Waals surface area contributed by atoms with E-state index in [2.05, 4.69) is 20.8 Å². The van der Waals surface area contributed by atoms with Gasteiger partial charge in [-0.25, -0.2) is 4.68 Å². The molecule has 0 radical (unpaired) electrons. The van der Waals surface area contributed by atoms with Crippen LogP contribution in [0.2, 0.25) is 0 Å². The number of amides is 1. The number of carbonyl (C=O) groups excluding carboxylic acids is 1. The molecule has 130 valence electrons. The van der Waals surface area contributed by atoms with Crippen LogP contribution in [0.15, 0.2) is 46.9 Å². The molecule has 9 heteroatoms. The number of rotatable bonds is 8. The summed E-state index contributed by atoms with van der Waals surface area (Å²) in [7, 11) is 1.62. The fraction of sp³-hybridized carbons (Fsp3) is 0.250. The zero-order valence-electron chi connectivity index (χ0n) is 13.6. The van der Waals surface area contributed by atoms with Gasteiger partial charge in [0.15, 0.2) is 0 Å². The molecule has 3 rings (SSSR count). The molecule has 0 aliphatic heterocycles. The van der Waals surface area contributed by atoms with E-state index in [0.29, 0.717) is 18.2 Å². The Morgan fingerprint density at radius 2 is 2.28 bits per heavy atom. The first kappa shape index (κ1) is 17.4. The summed E-state index contributed by atoms with van der Waals surface area (Å²) in [5.74, 6) is 0.960. The molecule has 0 atom stereocenters. The summed E-state index contributed by atoms with van der Waals surface area (Å²) in [5, 5.41) is 17.2. The summed E-state index contributed by atoms with van der Waals surface area (Å²) < 4.78 is 6.87. The van der Waals surface area contributed by atoms with Crippen LogP contribution in [0.3, 0.4) is 0 Å². The van der Waals surface area contributed by atoms with E-state index in [1.165, 1.54) is 11.8 Å². The number of hydrogen-bond donors (Lipinski definition) is 1. The molecule has 0 saturated carbocycles. The fourth-order valence-corrected chi connectivity index (χ4v) is 3.51. The third-order valence-electron chi connectivity index (χ3n) is 3.34. The number of benzene rings is 1. The van der Waals surface area contributed by atoms with E-state index in [-0.39, 0.29) is 11.7 Å². The molecule has 25 heavy (non-hydrogen) atoms. The van der Waals surface area contributed by atoms with Crippen molar-refractivity contribution in [3.05, 3.63) is 52.2 Å². The minimum absolute atomic E-state index is 0.0708. The lowest BCUT2D eigenvalue weighted by atomic mass is 10.2. The highest BCUT2D eigenvalue weighted by Crippen LogP contribution is 2.17. The summed E-state index contributed by atoms with van der Waals surface area (Å²) in [6.07, 6.45) is 0. The van der Waals surface area contributed by atoms with E-state index in [4.69, 9.17) is 4.74 Å². The molecule has 0 saturated heterocycles. The number of nitrogens with zero attached hydrogens (tertiary/aromatic N) is 4. The van der Waals surface area contributed by atoms with Gasteiger partial charge in [0.2, 0.25) is 11.1 Å². The smallest absolute Gasteiger partial charge is 0.230 e. The highest BCUT2D eigenvalue weighted by molar-refractivity contribution is 7.99. The van der Waals surface area contributed by atoms with Crippen molar-refractivity contribution in [3.63, 3.8) is 0 Å². The molecule has 0 aliphatic rings. The molecule has 2 heterocycles. The molecule has 7 nitrogen and oxygen atoms in total. The molecule has 0 bridgehead atoms. The molecule has 1 N–H and O–H groups in total. The Morgan fingerprint density at radius 3 is 3.08 bits per heavy atom. The van der Waals surface area contributed by atoms with Crippen LogP contribution in [-0.4, -0.2) is 39.0 Å². The molecule has 3 aromatic rings. The summed E-state index contributed by atoms with van der Waals surface area (Å²) in [6, 6.07) is 11.6. The van der Waals surface area contributed by atoms with E-state index in [9.17, 15) is 4.79 Å². The summed E-state index contributed by atoms with van der Waals surface area (Å²) in [6.45, 7) is 1.06. The molecule has 0 fully saturated rings. The predicted octanol–water partition coefficient (Wildman–Crippen LogP) is 2.20. The number of aromatic nitrogens is 4. The van der Waals surface area contributed by atoms with Gasteiger partial charge in [0.1, 0.15) is 5.75 Å². The zero-order valence-corrected chi connectivity index (χ0v) is 15.2. The first-order valence-electron chi connectivity index (χ1n) is 7.55. The molecular formula is C16H17N5O2S2. The van der Waals surface area contributed by atoms with E-state index >= 15 is 0 Å². The standard InChI is InChI=1S/C16H17N5O2S2/c1-23-13-5-2-4-12(8-13)9-17-15(22)11-25-16-18-19-20-21(16)10-14-6-3-7-24-14/h2-8H,9-11H2,1H3,(H,17,22). The number of tetrazole rings is 1. The van der Waals surface area contributed by atoms with Gasteiger partial charge in [0.25, 0.3) is 0 Å². The van der Waals surface area contributed by atoms with Crippen molar-refractivity contribution in [2.24, 2.45) is 0 Å². The molecule has 1 amide bonds. The van der Waals surface area contributed by atoms with Crippen LogP contribution in [-0.2, 0) is 17.9 Å². The molecule has 0 unspecified atom stereocenters. The van der Waals surface area contributed by atoms with Gasteiger partial charge < -0.3 is 10.1 Å². The Kier molecular flexibility index (Phi) is 6.02. The van der Waals surface area contributed by atoms with Gasteiger partial charge in [-0.15, -0.1) is 16.4 Å². The SMILES string of the molecule is COc1cccc(CNC(=O)CSc2nnnn2Cc2cccs2)c1. The van der Waals surface area contributed by atoms with Gasteiger partial charge in [-0.1, -0.05) is 30.0 Å². The van der Waals surface area contributed by atoms with Crippen molar-refractivity contribution in [1.29, 1.82) is 0 Å². The quantitative estimate of drug-likeness (QED) is 0.608. The molecule has 1 aromatic carbocycles. The van der Waals surface area contributed by atoms with Crippen molar-refractivity contribution < 1.29 is 9.53 Å². The largest absolute Gasteiger partial charge is 0.497 e. The highest BCUT2D eigenvalue weighted by Gasteiger charge is 2.11. The number of hydrogen-bond acceptors (Lipinski definition) is 7. The average Bonchev–Trinajstić information content (AvgIpc) is 3.31. The van der Waals surface area contributed by atoms with E-state index in [1.54, 1.807) is 23.1 Å². The van der Waals surface area contributed by atoms with Crippen LogP contribution in [0.4, 0.5) is 0 Å². The Hall–Kier alpha value is -2.39. The van der Waals surface area contributed by atoms with Crippen LogP contribution in [0, 0.1) is 0 Å². The van der Waals surface area contributed by atoms with Crippen molar-refractivity contribution in [3.8, 4) is 5.75 Å². The first-order valence-corrected chi connectivity index (χ1v) is 9.42. The van der Waals surface area contributed by atoms with Crippen molar-refractivity contribution in [1.82, 2.24) is 25.5 Å². The van der Waals surface area contributed by atoms with Crippen molar-refractivity contribution in [2.75, 3.05) is 12.9 Å². The lowest BCUT2D eigenvalue weighted by Gasteiger charge is -2.07. The van der Waals surface area contributed by atoms with Gasteiger partial charge >= 0.3 is 0 Å². The Balaban J connectivity index is 1.48. The fourth-order valence-electron chi connectivity index (χ4n) is 2.11. The van der Waals surface area contributed by atoms with Crippen LogP contribution in [0.5, 0.6) is 5.75 Å². The van der Waals surface area contributed by atoms with E-state index in [0.717, 1.165) is 16.2 Å². The van der Waals surface area contributed by atoms with Crippen LogP contribution in [0.25, 0.3) is 0 Å². The van der Waals surface area contributed by atoms with Gasteiger partial charge in [0, 0.05) is 11.4 Å². The molecular weight excluding hydrogens is 358 g/mol. The maximum atomic E-state index is 12.1. The lowest BCUT2D eigenvalue weighted by molar-refractivity contribution is -0.118. The van der Waals surface area contributed by atoms with Gasteiger partial charge in [-0.3, -0.25) is 4.79 Å². The second-order valence-corrected chi connectivity index (χ2v) is 7.09. The summed E-state index contributed by atoms with van der Waals surface area (Å²) in [5.41, 5.74) is 0.986. The summed E-state index contributed by atoms with van der Waals surface area (Å²) >= 11 is 2.97. The number of thiophene rings is 1. The van der Waals surface area contributed by atoms with Gasteiger partial charge in [-0.2, -0.15) is 0 Å². The maximum absolute atomic E-state index is 12.1. The second-order valence-electron chi connectivity index (χ2n) is 5.12. The number of ether oxygens (including phenoxy) is 1. The Labute approximate surface area is 153 Å². The van der Waals surface area contributed by atoms with E-state index in [1.807, 2.05) is 41.8 Å². The number of thioether (sulfide) groups is 1. The summed E-state index contributed by atoms with van der Waals surface area (Å²) in [4.78, 5) is 13.2. The molecule has 0 spiro atoms. The monoisotopic (exact) mass is 375 g/mol.